The Bertz CT molecular complexity index is 699. The van der Waals surface area contributed by atoms with Crippen LogP contribution in [0.25, 0.3) is 11.1 Å². The van der Waals surface area contributed by atoms with Crippen LogP contribution in [0, 0.1) is 12.8 Å². The predicted molar refractivity (Wildman–Crippen MR) is 76.6 cm³/mol. The lowest BCUT2D eigenvalue weighted by molar-refractivity contribution is -0.123. The van der Waals surface area contributed by atoms with Crippen molar-refractivity contribution in [2.45, 2.75) is 19.8 Å². The monoisotopic (exact) mass is 287 g/mol. The van der Waals surface area contributed by atoms with E-state index in [4.69, 9.17) is 10.2 Å². The number of carbonyl (C=O) groups excluding carboxylic acids is 2. The average Bonchev–Trinajstić information content (AvgIpc) is 2.85. The highest BCUT2D eigenvalue weighted by atomic mass is 16.3. The minimum absolute atomic E-state index is 0.0473. The summed E-state index contributed by atoms with van der Waals surface area (Å²) in [6, 6.07) is 5.26. The van der Waals surface area contributed by atoms with Crippen molar-refractivity contribution < 1.29 is 14.0 Å². The molecule has 0 radical (unpaired) electrons. The number of oxazole rings is 1. The molecule has 1 fully saturated rings. The minimum Gasteiger partial charge on any atom is -0.441 e. The molecule has 2 heterocycles. The SMILES string of the molecule is Cc1nc2ccc(C(=O)N3CCC(C(N)=O)CC3)cc2o1. The summed E-state index contributed by atoms with van der Waals surface area (Å²) < 4.78 is 5.45. The van der Waals surface area contributed by atoms with E-state index in [9.17, 15) is 9.59 Å². The van der Waals surface area contributed by atoms with E-state index in [1.165, 1.54) is 0 Å². The van der Waals surface area contributed by atoms with Crippen LogP contribution in [0.4, 0.5) is 0 Å². The lowest BCUT2D eigenvalue weighted by Gasteiger charge is -2.30. The maximum absolute atomic E-state index is 12.5. The fourth-order valence-electron chi connectivity index (χ4n) is 2.72. The zero-order valence-corrected chi connectivity index (χ0v) is 11.8. The highest BCUT2D eigenvalue weighted by Crippen LogP contribution is 2.21. The van der Waals surface area contributed by atoms with Crippen LogP contribution < -0.4 is 5.73 Å². The summed E-state index contributed by atoms with van der Waals surface area (Å²) >= 11 is 0. The summed E-state index contributed by atoms with van der Waals surface area (Å²) in [5.74, 6) is 0.139. The molecular weight excluding hydrogens is 270 g/mol. The van der Waals surface area contributed by atoms with Gasteiger partial charge in [0.05, 0.1) is 0 Å². The summed E-state index contributed by atoms with van der Waals surface area (Å²) in [6.07, 6.45) is 1.26. The molecule has 6 heteroatoms. The summed E-state index contributed by atoms with van der Waals surface area (Å²) in [7, 11) is 0. The summed E-state index contributed by atoms with van der Waals surface area (Å²) in [5.41, 5.74) is 7.25. The van der Waals surface area contributed by atoms with Crippen molar-refractivity contribution in [1.82, 2.24) is 9.88 Å². The molecule has 21 heavy (non-hydrogen) atoms. The molecule has 0 spiro atoms. The maximum Gasteiger partial charge on any atom is 0.253 e. The molecule has 2 amide bonds. The van der Waals surface area contributed by atoms with Gasteiger partial charge in [0, 0.05) is 31.5 Å². The summed E-state index contributed by atoms with van der Waals surface area (Å²) in [6.45, 7) is 2.88. The van der Waals surface area contributed by atoms with Gasteiger partial charge in [0.1, 0.15) is 5.52 Å². The number of rotatable bonds is 2. The first kappa shape index (κ1) is 13.6. The zero-order valence-electron chi connectivity index (χ0n) is 11.8. The van der Waals surface area contributed by atoms with Crippen LogP contribution in [0.3, 0.4) is 0 Å². The zero-order chi connectivity index (χ0) is 15.0. The quantitative estimate of drug-likeness (QED) is 0.905. The van der Waals surface area contributed by atoms with Crippen LogP contribution in [0.2, 0.25) is 0 Å². The number of fused-ring (bicyclic) bond motifs is 1. The topological polar surface area (TPSA) is 89.4 Å². The first-order chi connectivity index (χ1) is 10.0. The van der Waals surface area contributed by atoms with Gasteiger partial charge in [0.15, 0.2) is 11.5 Å². The predicted octanol–water partition coefficient (Wildman–Crippen LogP) is 1.47. The lowest BCUT2D eigenvalue weighted by Crippen LogP contribution is -2.41. The second-order valence-electron chi connectivity index (χ2n) is 5.38. The Morgan fingerprint density at radius 2 is 2.05 bits per heavy atom. The van der Waals surface area contributed by atoms with Gasteiger partial charge in [-0.25, -0.2) is 4.98 Å². The molecule has 1 aliphatic heterocycles. The van der Waals surface area contributed by atoms with E-state index in [0.29, 0.717) is 43.0 Å². The number of hydrogen-bond acceptors (Lipinski definition) is 4. The minimum atomic E-state index is -0.277. The number of carbonyl (C=O) groups is 2. The Kier molecular flexibility index (Phi) is 3.37. The molecule has 6 nitrogen and oxygen atoms in total. The third kappa shape index (κ3) is 2.61. The van der Waals surface area contributed by atoms with Gasteiger partial charge >= 0.3 is 0 Å². The number of nitrogens with zero attached hydrogens (tertiary/aromatic N) is 2. The average molecular weight is 287 g/mol. The molecule has 0 unspecified atom stereocenters. The highest BCUT2D eigenvalue weighted by Gasteiger charge is 2.26. The smallest absolute Gasteiger partial charge is 0.253 e. The van der Waals surface area contributed by atoms with Gasteiger partial charge in [-0.1, -0.05) is 0 Å². The number of nitrogens with two attached hydrogens (primary N) is 1. The fraction of sp³-hybridized carbons (Fsp3) is 0.400. The molecule has 1 aromatic heterocycles. The second kappa shape index (κ2) is 5.20. The van der Waals surface area contributed by atoms with Crippen molar-refractivity contribution in [3.8, 4) is 0 Å². The van der Waals surface area contributed by atoms with Crippen molar-refractivity contribution in [1.29, 1.82) is 0 Å². The number of hydrogen-bond donors (Lipinski definition) is 1. The second-order valence-corrected chi connectivity index (χ2v) is 5.38. The Labute approximate surface area is 121 Å². The van der Waals surface area contributed by atoms with Crippen molar-refractivity contribution in [3.63, 3.8) is 0 Å². The first-order valence-electron chi connectivity index (χ1n) is 7.00. The van der Waals surface area contributed by atoms with Gasteiger partial charge in [0.2, 0.25) is 5.91 Å². The number of aryl methyl sites for hydroxylation is 1. The van der Waals surface area contributed by atoms with Crippen molar-refractivity contribution in [2.24, 2.45) is 11.7 Å². The summed E-state index contributed by atoms with van der Waals surface area (Å²) in [5, 5.41) is 0. The third-order valence-corrected chi connectivity index (χ3v) is 3.93. The number of aromatic nitrogens is 1. The van der Waals surface area contributed by atoms with Gasteiger partial charge < -0.3 is 15.1 Å². The van der Waals surface area contributed by atoms with Gasteiger partial charge in [0.25, 0.3) is 5.91 Å². The van der Waals surface area contributed by atoms with E-state index < -0.39 is 0 Å². The maximum atomic E-state index is 12.5. The molecule has 2 N–H and O–H groups in total. The molecule has 0 saturated carbocycles. The van der Waals surface area contributed by atoms with E-state index in [0.717, 1.165) is 5.52 Å². The number of primary amides is 1. The lowest BCUT2D eigenvalue weighted by atomic mass is 9.96. The molecule has 0 aliphatic carbocycles. The highest BCUT2D eigenvalue weighted by molar-refractivity contribution is 5.97. The fourth-order valence-corrected chi connectivity index (χ4v) is 2.72. The van der Waals surface area contributed by atoms with Crippen LogP contribution in [-0.4, -0.2) is 34.8 Å². The molecule has 1 aliphatic rings. The third-order valence-electron chi connectivity index (χ3n) is 3.93. The molecule has 2 aromatic rings. The molecule has 3 rings (SSSR count). The van der Waals surface area contributed by atoms with Crippen LogP contribution in [0.1, 0.15) is 29.1 Å². The van der Waals surface area contributed by atoms with E-state index in [2.05, 4.69) is 4.98 Å². The molecule has 110 valence electrons. The Hall–Kier alpha value is -2.37. The largest absolute Gasteiger partial charge is 0.441 e. The standard InChI is InChI=1S/C15H17N3O3/c1-9-17-12-3-2-11(8-13(12)21-9)15(20)18-6-4-10(5-7-18)14(16)19/h2-3,8,10H,4-7H2,1H3,(H2,16,19). The molecule has 0 atom stereocenters. The van der Waals surface area contributed by atoms with E-state index in [1.807, 2.05) is 0 Å². The number of piperidine rings is 1. The van der Waals surface area contributed by atoms with Crippen LogP contribution in [-0.2, 0) is 4.79 Å². The Morgan fingerprint density at radius 3 is 2.71 bits per heavy atom. The van der Waals surface area contributed by atoms with Gasteiger partial charge in [-0.3, -0.25) is 9.59 Å². The first-order valence-corrected chi connectivity index (χ1v) is 7.00. The van der Waals surface area contributed by atoms with Crippen molar-refractivity contribution >= 4 is 22.9 Å². The Balaban J connectivity index is 1.76. The normalized spacial score (nSPS) is 16.3. The summed E-state index contributed by atoms with van der Waals surface area (Å²) in [4.78, 5) is 29.6. The molecule has 0 bridgehead atoms. The van der Waals surface area contributed by atoms with E-state index in [1.54, 1.807) is 30.0 Å². The van der Waals surface area contributed by atoms with Gasteiger partial charge in [-0.15, -0.1) is 0 Å². The van der Waals surface area contributed by atoms with E-state index in [-0.39, 0.29) is 17.7 Å². The molecular formula is C15H17N3O3. The van der Waals surface area contributed by atoms with Crippen LogP contribution >= 0.6 is 0 Å². The van der Waals surface area contributed by atoms with Crippen molar-refractivity contribution in [2.75, 3.05) is 13.1 Å². The number of likely N-dealkylation sites (tertiary alicyclic amines) is 1. The number of amides is 2. The molecule has 1 saturated heterocycles. The number of benzene rings is 1. The van der Waals surface area contributed by atoms with Crippen LogP contribution in [0.15, 0.2) is 22.6 Å². The van der Waals surface area contributed by atoms with Crippen molar-refractivity contribution in [3.05, 3.63) is 29.7 Å². The van der Waals surface area contributed by atoms with E-state index >= 15 is 0 Å². The van der Waals surface area contributed by atoms with Crippen LogP contribution in [0.5, 0.6) is 0 Å². The van der Waals surface area contributed by atoms with Gasteiger partial charge in [-0.2, -0.15) is 0 Å². The Morgan fingerprint density at radius 1 is 1.33 bits per heavy atom. The van der Waals surface area contributed by atoms with Gasteiger partial charge in [-0.05, 0) is 31.0 Å². The molecule has 1 aromatic carbocycles.